The third kappa shape index (κ3) is 3.00. The highest BCUT2D eigenvalue weighted by atomic mass is 15.2. The number of aryl methyl sites for hydroxylation is 3. The van der Waals surface area contributed by atoms with E-state index in [0.29, 0.717) is 0 Å². The normalized spacial score (nSPS) is 26.0. The van der Waals surface area contributed by atoms with Gasteiger partial charge in [-0.05, 0) is 69.8 Å². The van der Waals surface area contributed by atoms with Crippen molar-refractivity contribution in [1.82, 2.24) is 19.7 Å². The van der Waals surface area contributed by atoms with Gasteiger partial charge in [-0.2, -0.15) is 5.10 Å². The second-order valence-corrected chi connectivity index (χ2v) is 8.71. The molecule has 0 spiro atoms. The Morgan fingerprint density at radius 1 is 1.08 bits per heavy atom. The number of fused-ring (bicyclic) bond motifs is 7. The number of anilines is 1. The smallest absolute Gasteiger partial charge is 0.158 e. The van der Waals surface area contributed by atoms with Crippen LogP contribution in [0.1, 0.15) is 49.9 Å². The first-order valence-electron chi connectivity index (χ1n) is 10.6. The van der Waals surface area contributed by atoms with E-state index >= 15 is 0 Å². The lowest BCUT2D eigenvalue weighted by atomic mass is 9.84. The van der Waals surface area contributed by atoms with Gasteiger partial charge in [-0.25, -0.2) is 0 Å². The first-order chi connectivity index (χ1) is 12.8. The Balaban J connectivity index is 1.31. The monoisotopic (exact) mass is 353 g/mol. The highest BCUT2D eigenvalue weighted by molar-refractivity contribution is 5.92. The van der Waals surface area contributed by atoms with Crippen molar-refractivity contribution in [3.8, 4) is 0 Å². The molecular weight excluding hydrogens is 322 g/mol. The molecule has 0 aromatic carbocycles. The summed E-state index contributed by atoms with van der Waals surface area (Å²) in [6.07, 6.45) is 9.58. The molecule has 0 amide bonds. The number of aromatic nitrogens is 3. The molecule has 2 bridgehead atoms. The number of hydrogen-bond donors (Lipinski definition) is 1. The largest absolute Gasteiger partial charge is 0.367 e. The molecular formula is C21H31N5. The van der Waals surface area contributed by atoms with Gasteiger partial charge in [0, 0.05) is 43.8 Å². The Bertz CT molecular complexity index is 773. The van der Waals surface area contributed by atoms with Crippen LogP contribution in [-0.2, 0) is 13.0 Å². The van der Waals surface area contributed by atoms with Gasteiger partial charge < -0.3 is 14.8 Å². The molecule has 2 saturated heterocycles. The molecule has 5 heteroatoms. The lowest BCUT2D eigenvalue weighted by Gasteiger charge is -2.22. The maximum absolute atomic E-state index is 4.50. The fraction of sp³-hybridized carbons (Fsp3) is 0.714. The highest BCUT2D eigenvalue weighted by Gasteiger charge is 2.29. The number of hydrogen-bond acceptors (Lipinski definition) is 4. The maximum atomic E-state index is 4.50. The third-order valence-corrected chi connectivity index (χ3v) is 6.86. The van der Waals surface area contributed by atoms with Crippen molar-refractivity contribution >= 4 is 16.7 Å². The molecule has 4 aliphatic rings. The van der Waals surface area contributed by atoms with Crippen molar-refractivity contribution < 1.29 is 0 Å². The minimum atomic E-state index is 0.942. The fourth-order valence-corrected chi connectivity index (χ4v) is 5.48. The van der Waals surface area contributed by atoms with Crippen molar-refractivity contribution in [1.29, 1.82) is 0 Å². The van der Waals surface area contributed by atoms with Gasteiger partial charge in [-0.15, -0.1) is 5.10 Å². The summed E-state index contributed by atoms with van der Waals surface area (Å²) in [5.41, 5.74) is 3.81. The van der Waals surface area contributed by atoms with Crippen LogP contribution in [0.25, 0.3) is 10.9 Å². The third-order valence-electron chi connectivity index (χ3n) is 6.86. The molecule has 1 N–H and O–H groups in total. The Hall–Kier alpha value is -1.62. The van der Waals surface area contributed by atoms with Crippen LogP contribution in [-0.4, -0.2) is 45.8 Å². The molecule has 2 aromatic heterocycles. The Kier molecular flexibility index (Phi) is 4.35. The van der Waals surface area contributed by atoms with Crippen molar-refractivity contribution in [2.75, 3.05) is 31.5 Å². The second kappa shape index (κ2) is 6.84. The standard InChI is InChI=1S/C21H31N5/c1-15-20-19(12-18-4-2-3-10-26(18)20)21(24-23-15)22-9-11-25-13-16-5-6-17(14-25)8-7-16/h12,16-17H,2-11,13-14H2,1H3,(H,22,24). The Morgan fingerprint density at radius 2 is 1.85 bits per heavy atom. The molecule has 1 saturated carbocycles. The average molecular weight is 354 g/mol. The van der Waals surface area contributed by atoms with Crippen LogP contribution in [0.4, 0.5) is 5.82 Å². The maximum Gasteiger partial charge on any atom is 0.158 e. The van der Waals surface area contributed by atoms with Gasteiger partial charge in [0.1, 0.15) is 0 Å². The minimum Gasteiger partial charge on any atom is -0.367 e. The molecule has 0 unspecified atom stereocenters. The first-order valence-corrected chi connectivity index (χ1v) is 10.6. The molecule has 140 valence electrons. The molecule has 0 radical (unpaired) electrons. The summed E-state index contributed by atoms with van der Waals surface area (Å²) in [6, 6.07) is 2.35. The van der Waals surface area contributed by atoms with Gasteiger partial charge in [-0.3, -0.25) is 0 Å². The molecule has 5 heterocycles. The van der Waals surface area contributed by atoms with Crippen LogP contribution in [0.5, 0.6) is 0 Å². The Labute approximate surface area is 156 Å². The van der Waals surface area contributed by atoms with Gasteiger partial charge in [-0.1, -0.05) is 0 Å². The summed E-state index contributed by atoms with van der Waals surface area (Å²) in [5.74, 6) is 2.86. The lowest BCUT2D eigenvalue weighted by molar-refractivity contribution is 0.262. The molecule has 2 aromatic rings. The highest BCUT2D eigenvalue weighted by Crippen LogP contribution is 2.34. The molecule has 3 aliphatic heterocycles. The summed E-state index contributed by atoms with van der Waals surface area (Å²) in [7, 11) is 0. The zero-order valence-corrected chi connectivity index (χ0v) is 16.0. The SMILES string of the molecule is Cc1nnc(NCCN2CC3CCC(CC3)C2)c2cc3n(c12)CCCC3. The van der Waals surface area contributed by atoms with Crippen LogP contribution in [0.15, 0.2) is 6.07 Å². The van der Waals surface area contributed by atoms with Gasteiger partial charge in [0.2, 0.25) is 0 Å². The molecule has 5 nitrogen and oxygen atoms in total. The van der Waals surface area contributed by atoms with E-state index in [4.69, 9.17) is 0 Å². The predicted octanol–water partition coefficient (Wildman–Crippen LogP) is 3.61. The van der Waals surface area contributed by atoms with E-state index in [-0.39, 0.29) is 0 Å². The molecule has 6 rings (SSSR count). The van der Waals surface area contributed by atoms with Crippen molar-refractivity contribution in [3.05, 3.63) is 17.5 Å². The van der Waals surface area contributed by atoms with E-state index in [0.717, 1.165) is 43.0 Å². The molecule has 0 atom stereocenters. The lowest BCUT2D eigenvalue weighted by Crippen LogP contribution is -2.33. The van der Waals surface area contributed by atoms with E-state index in [1.807, 2.05) is 0 Å². The molecule has 26 heavy (non-hydrogen) atoms. The Morgan fingerprint density at radius 3 is 2.62 bits per heavy atom. The van der Waals surface area contributed by atoms with E-state index in [1.165, 1.54) is 74.6 Å². The van der Waals surface area contributed by atoms with E-state index < -0.39 is 0 Å². The zero-order chi connectivity index (χ0) is 17.5. The first kappa shape index (κ1) is 16.5. The van der Waals surface area contributed by atoms with E-state index in [1.54, 1.807) is 0 Å². The predicted molar refractivity (Wildman–Crippen MR) is 106 cm³/mol. The number of nitrogens with zero attached hydrogens (tertiary/aromatic N) is 4. The van der Waals surface area contributed by atoms with Gasteiger partial charge in [0.15, 0.2) is 5.82 Å². The minimum absolute atomic E-state index is 0.942. The van der Waals surface area contributed by atoms with Gasteiger partial charge >= 0.3 is 0 Å². The summed E-state index contributed by atoms with van der Waals surface area (Å²) < 4.78 is 2.47. The van der Waals surface area contributed by atoms with Gasteiger partial charge in [0.25, 0.3) is 0 Å². The van der Waals surface area contributed by atoms with Crippen molar-refractivity contribution in [2.45, 2.75) is 58.4 Å². The number of nitrogens with one attached hydrogen (secondary N) is 1. The molecule has 3 fully saturated rings. The summed E-state index contributed by atoms with van der Waals surface area (Å²) in [6.45, 7) is 7.90. The van der Waals surface area contributed by atoms with E-state index in [2.05, 4.69) is 38.0 Å². The summed E-state index contributed by atoms with van der Waals surface area (Å²) in [5, 5.41) is 13.8. The van der Waals surface area contributed by atoms with Crippen LogP contribution in [0.3, 0.4) is 0 Å². The summed E-state index contributed by atoms with van der Waals surface area (Å²) in [4.78, 5) is 2.69. The average Bonchev–Trinajstić information content (AvgIpc) is 2.81. The summed E-state index contributed by atoms with van der Waals surface area (Å²) >= 11 is 0. The quantitative estimate of drug-likeness (QED) is 0.912. The second-order valence-electron chi connectivity index (χ2n) is 8.71. The molecule has 1 aliphatic carbocycles. The van der Waals surface area contributed by atoms with Crippen LogP contribution < -0.4 is 5.32 Å². The fourth-order valence-electron chi connectivity index (χ4n) is 5.48. The van der Waals surface area contributed by atoms with Crippen LogP contribution in [0.2, 0.25) is 0 Å². The van der Waals surface area contributed by atoms with Crippen LogP contribution >= 0.6 is 0 Å². The van der Waals surface area contributed by atoms with E-state index in [9.17, 15) is 0 Å². The van der Waals surface area contributed by atoms with Crippen LogP contribution in [0, 0.1) is 18.8 Å². The zero-order valence-electron chi connectivity index (χ0n) is 16.0. The number of rotatable bonds is 4. The van der Waals surface area contributed by atoms with Crippen molar-refractivity contribution in [2.24, 2.45) is 11.8 Å². The van der Waals surface area contributed by atoms with Crippen molar-refractivity contribution in [3.63, 3.8) is 0 Å². The topological polar surface area (TPSA) is 46.0 Å². The van der Waals surface area contributed by atoms with Gasteiger partial charge in [0.05, 0.1) is 11.2 Å².